The van der Waals surface area contributed by atoms with Gasteiger partial charge in [0, 0.05) is 5.66 Å². The van der Waals surface area contributed by atoms with Crippen molar-refractivity contribution in [2.45, 2.75) is 12.6 Å². The topological polar surface area (TPSA) is 0 Å². The molecule has 1 heteroatoms. The van der Waals surface area contributed by atoms with Gasteiger partial charge in [-0.2, -0.15) is 0 Å². The van der Waals surface area contributed by atoms with Gasteiger partial charge in [-0.25, -0.2) is 0 Å². The molecule has 0 aliphatic rings. The largest absolute Gasteiger partial charge is 0.126 e. The molecule has 1 aromatic carbocycles. The Morgan fingerprint density at radius 2 is 1.91 bits per heavy atom. The van der Waals surface area contributed by atoms with Gasteiger partial charge in [-0.05, 0) is 12.5 Å². The molecule has 0 nitrogen and oxygen atoms in total. The first-order valence-corrected chi connectivity index (χ1v) is 4.35. The van der Waals surface area contributed by atoms with Crippen LogP contribution in [-0.2, 0) is 0 Å². The van der Waals surface area contributed by atoms with Crippen LogP contribution in [0.2, 0.25) is 0 Å². The Morgan fingerprint density at radius 1 is 1.36 bits per heavy atom. The Hall–Kier alpha value is -0.610. The average molecular weight is 164 g/mol. The third-order valence-electron chi connectivity index (χ3n) is 1.72. The standard InChI is InChI=1S/C10H13P/c1-3-10(11)9-6-4-8(2)5-7-9/h3-7,10H,1,11H2,2H3. The molecule has 0 aliphatic carbocycles. The number of aryl methyl sites for hydroxylation is 1. The summed E-state index contributed by atoms with van der Waals surface area (Å²) in [6, 6.07) is 8.51. The molecule has 0 radical (unpaired) electrons. The van der Waals surface area contributed by atoms with Crippen molar-refractivity contribution >= 4 is 9.24 Å². The summed E-state index contributed by atoms with van der Waals surface area (Å²) in [4.78, 5) is 0. The molecule has 0 bridgehead atoms. The van der Waals surface area contributed by atoms with Gasteiger partial charge in [-0.3, -0.25) is 0 Å². The monoisotopic (exact) mass is 164 g/mol. The summed E-state index contributed by atoms with van der Waals surface area (Å²) >= 11 is 0. The molecule has 58 valence electrons. The zero-order valence-electron chi connectivity index (χ0n) is 6.75. The van der Waals surface area contributed by atoms with E-state index in [2.05, 4.69) is 47.0 Å². The maximum absolute atomic E-state index is 3.74. The Bertz CT molecular complexity index is 236. The minimum Gasteiger partial charge on any atom is -0.126 e. The number of allylic oxidation sites excluding steroid dienone is 1. The number of rotatable bonds is 2. The van der Waals surface area contributed by atoms with Gasteiger partial charge < -0.3 is 0 Å². The summed E-state index contributed by atoms with van der Waals surface area (Å²) in [5.74, 6) is 0. The van der Waals surface area contributed by atoms with Crippen LogP contribution in [0.4, 0.5) is 0 Å². The molecule has 1 rings (SSSR count). The minimum absolute atomic E-state index is 0.385. The maximum Gasteiger partial charge on any atom is 0.0161 e. The van der Waals surface area contributed by atoms with E-state index >= 15 is 0 Å². The Labute approximate surface area is 70.5 Å². The van der Waals surface area contributed by atoms with E-state index in [4.69, 9.17) is 0 Å². The van der Waals surface area contributed by atoms with Crippen molar-refractivity contribution in [3.05, 3.63) is 48.0 Å². The average Bonchev–Trinajstić information content (AvgIpc) is 2.05. The maximum atomic E-state index is 3.74. The fraction of sp³-hybridized carbons (Fsp3) is 0.200. The van der Waals surface area contributed by atoms with E-state index in [1.165, 1.54) is 11.1 Å². The zero-order valence-corrected chi connectivity index (χ0v) is 7.90. The van der Waals surface area contributed by atoms with E-state index in [0.717, 1.165) is 0 Å². The lowest BCUT2D eigenvalue weighted by atomic mass is 10.1. The quantitative estimate of drug-likeness (QED) is 0.465. The van der Waals surface area contributed by atoms with E-state index < -0.39 is 0 Å². The Morgan fingerprint density at radius 3 is 2.36 bits per heavy atom. The molecule has 0 N–H and O–H groups in total. The number of hydrogen-bond acceptors (Lipinski definition) is 0. The highest BCUT2D eigenvalue weighted by atomic mass is 31.0. The Balaban J connectivity index is 2.89. The van der Waals surface area contributed by atoms with Crippen molar-refractivity contribution in [1.29, 1.82) is 0 Å². The third kappa shape index (κ3) is 2.17. The molecule has 1 aromatic rings. The fourth-order valence-corrected chi connectivity index (χ4v) is 1.15. The third-order valence-corrected chi connectivity index (χ3v) is 2.37. The van der Waals surface area contributed by atoms with Crippen LogP contribution in [-0.4, -0.2) is 0 Å². The van der Waals surface area contributed by atoms with Crippen LogP contribution in [0.25, 0.3) is 0 Å². The van der Waals surface area contributed by atoms with E-state index in [-0.39, 0.29) is 0 Å². The predicted octanol–water partition coefficient (Wildman–Crippen LogP) is 3.10. The fourth-order valence-electron chi connectivity index (χ4n) is 0.925. The molecule has 0 amide bonds. The summed E-state index contributed by atoms with van der Waals surface area (Å²) in [5, 5.41) is 0. The first-order chi connectivity index (χ1) is 5.24. The highest BCUT2D eigenvalue weighted by Gasteiger charge is 1.97. The normalized spacial score (nSPS) is 12.5. The summed E-state index contributed by atoms with van der Waals surface area (Å²) in [6.07, 6.45) is 1.93. The number of benzene rings is 1. The highest BCUT2D eigenvalue weighted by Crippen LogP contribution is 2.23. The van der Waals surface area contributed by atoms with Crippen LogP contribution in [0.5, 0.6) is 0 Å². The van der Waals surface area contributed by atoms with Gasteiger partial charge in [0.2, 0.25) is 0 Å². The lowest BCUT2D eigenvalue weighted by Crippen LogP contribution is -1.83. The summed E-state index contributed by atoms with van der Waals surface area (Å²) in [7, 11) is 2.75. The molecule has 0 fully saturated rings. The van der Waals surface area contributed by atoms with Gasteiger partial charge >= 0.3 is 0 Å². The molecule has 0 heterocycles. The molecule has 0 saturated carbocycles. The van der Waals surface area contributed by atoms with Gasteiger partial charge in [0.05, 0.1) is 0 Å². The van der Waals surface area contributed by atoms with Crippen LogP contribution < -0.4 is 0 Å². The van der Waals surface area contributed by atoms with E-state index in [1.807, 2.05) is 6.08 Å². The van der Waals surface area contributed by atoms with Crippen LogP contribution in [0.1, 0.15) is 16.8 Å². The zero-order chi connectivity index (χ0) is 8.27. The van der Waals surface area contributed by atoms with Crippen molar-refractivity contribution < 1.29 is 0 Å². The second-order valence-corrected chi connectivity index (χ2v) is 3.39. The molecule has 2 unspecified atom stereocenters. The van der Waals surface area contributed by atoms with Crippen LogP contribution >= 0.6 is 9.24 Å². The lowest BCUT2D eigenvalue weighted by Gasteiger charge is -2.05. The van der Waals surface area contributed by atoms with E-state index in [0.29, 0.717) is 5.66 Å². The molecule has 2 atom stereocenters. The van der Waals surface area contributed by atoms with Gasteiger partial charge in [-0.1, -0.05) is 35.9 Å². The molecular formula is C10H13P. The first-order valence-electron chi connectivity index (χ1n) is 3.68. The predicted molar refractivity (Wildman–Crippen MR) is 53.8 cm³/mol. The molecule has 0 aliphatic heterocycles. The van der Waals surface area contributed by atoms with Gasteiger partial charge in [0.15, 0.2) is 0 Å². The van der Waals surface area contributed by atoms with Crippen LogP contribution in [0, 0.1) is 6.92 Å². The Kier molecular flexibility index (Phi) is 2.84. The number of hydrogen-bond donors (Lipinski definition) is 0. The smallest absolute Gasteiger partial charge is 0.0161 e. The van der Waals surface area contributed by atoms with Crippen molar-refractivity contribution in [1.82, 2.24) is 0 Å². The van der Waals surface area contributed by atoms with Crippen LogP contribution in [0.15, 0.2) is 36.9 Å². The van der Waals surface area contributed by atoms with Crippen molar-refractivity contribution in [2.75, 3.05) is 0 Å². The SMILES string of the molecule is C=CC(P)c1ccc(C)cc1. The summed E-state index contributed by atoms with van der Waals surface area (Å²) in [6.45, 7) is 5.83. The molecule has 11 heavy (non-hydrogen) atoms. The van der Waals surface area contributed by atoms with E-state index in [9.17, 15) is 0 Å². The van der Waals surface area contributed by atoms with Crippen LogP contribution in [0.3, 0.4) is 0 Å². The van der Waals surface area contributed by atoms with Crippen molar-refractivity contribution in [2.24, 2.45) is 0 Å². The molecular weight excluding hydrogens is 151 g/mol. The van der Waals surface area contributed by atoms with Crippen molar-refractivity contribution in [3.63, 3.8) is 0 Å². The molecule has 0 aromatic heterocycles. The summed E-state index contributed by atoms with van der Waals surface area (Å²) in [5.41, 5.74) is 2.99. The molecule has 0 saturated heterocycles. The molecule has 0 spiro atoms. The van der Waals surface area contributed by atoms with Gasteiger partial charge in [0.25, 0.3) is 0 Å². The summed E-state index contributed by atoms with van der Waals surface area (Å²) < 4.78 is 0. The second kappa shape index (κ2) is 3.69. The lowest BCUT2D eigenvalue weighted by molar-refractivity contribution is 1.23. The highest BCUT2D eigenvalue weighted by molar-refractivity contribution is 7.17. The first kappa shape index (κ1) is 8.49. The second-order valence-electron chi connectivity index (χ2n) is 2.67. The minimum atomic E-state index is 0.385. The van der Waals surface area contributed by atoms with Gasteiger partial charge in [-0.15, -0.1) is 15.8 Å². The van der Waals surface area contributed by atoms with Gasteiger partial charge in [0.1, 0.15) is 0 Å². The van der Waals surface area contributed by atoms with E-state index in [1.54, 1.807) is 0 Å². The van der Waals surface area contributed by atoms with Crippen molar-refractivity contribution in [3.8, 4) is 0 Å².